The number of aliphatic hydroxyl groups excluding tert-OH is 1. The number of benzene rings is 1. The second-order valence-corrected chi connectivity index (χ2v) is 4.87. The summed E-state index contributed by atoms with van der Waals surface area (Å²) < 4.78 is 17.7. The van der Waals surface area contributed by atoms with E-state index in [0.29, 0.717) is 31.4 Å². The third kappa shape index (κ3) is 6.12. The number of carbonyl (C=O) groups excluding carboxylic acids is 1. The van der Waals surface area contributed by atoms with Gasteiger partial charge in [0.15, 0.2) is 0 Å². The zero-order valence-corrected chi connectivity index (χ0v) is 11.9. The minimum Gasteiger partial charge on any atom is -0.388 e. The number of halogens is 1. The van der Waals surface area contributed by atoms with E-state index in [4.69, 9.17) is 4.74 Å². The molecule has 0 bridgehead atoms. The Morgan fingerprint density at radius 2 is 2.05 bits per heavy atom. The van der Waals surface area contributed by atoms with Crippen molar-refractivity contribution in [3.8, 4) is 0 Å². The summed E-state index contributed by atoms with van der Waals surface area (Å²) in [6, 6.07) is 5.57. The van der Waals surface area contributed by atoms with Crippen LogP contribution in [0.4, 0.5) is 4.39 Å². The van der Waals surface area contributed by atoms with Gasteiger partial charge in [0.2, 0.25) is 5.91 Å². The van der Waals surface area contributed by atoms with E-state index in [9.17, 15) is 14.3 Å². The highest BCUT2D eigenvalue weighted by molar-refractivity contribution is 5.76. The normalized spacial score (nSPS) is 13.8. The van der Waals surface area contributed by atoms with Crippen LogP contribution in [0.5, 0.6) is 0 Å². The molecule has 2 N–H and O–H groups in total. The van der Waals surface area contributed by atoms with E-state index in [2.05, 4.69) is 5.32 Å². The van der Waals surface area contributed by atoms with Gasteiger partial charge >= 0.3 is 0 Å². The van der Waals surface area contributed by atoms with E-state index in [1.165, 1.54) is 12.1 Å². The molecule has 0 saturated heterocycles. The van der Waals surface area contributed by atoms with Crippen LogP contribution < -0.4 is 5.32 Å². The molecule has 112 valence electrons. The van der Waals surface area contributed by atoms with Crippen LogP contribution in [0.15, 0.2) is 24.3 Å². The largest absolute Gasteiger partial charge is 0.388 e. The van der Waals surface area contributed by atoms with Crippen molar-refractivity contribution >= 4 is 5.91 Å². The average molecular weight is 283 g/mol. The Kier molecular flexibility index (Phi) is 7.18. The summed E-state index contributed by atoms with van der Waals surface area (Å²) in [5, 5.41) is 12.8. The lowest BCUT2D eigenvalue weighted by Gasteiger charge is -2.18. The van der Waals surface area contributed by atoms with Crippen LogP contribution in [0.1, 0.15) is 37.9 Å². The van der Waals surface area contributed by atoms with Crippen LogP contribution in [-0.4, -0.2) is 30.8 Å². The standard InChI is InChI=1S/C15H22FNO3/c1-11(17-15(19)4-3-9-20-2)10-14(18)12-5-7-13(16)8-6-12/h5-8,11,14,18H,3-4,9-10H2,1-2H3,(H,17,19). The van der Waals surface area contributed by atoms with E-state index < -0.39 is 6.10 Å². The van der Waals surface area contributed by atoms with Crippen molar-refractivity contribution in [3.63, 3.8) is 0 Å². The highest BCUT2D eigenvalue weighted by Gasteiger charge is 2.14. The Bertz CT molecular complexity index is 408. The Hall–Kier alpha value is -1.46. The van der Waals surface area contributed by atoms with Gasteiger partial charge in [0.25, 0.3) is 0 Å². The smallest absolute Gasteiger partial charge is 0.220 e. The second-order valence-electron chi connectivity index (χ2n) is 4.87. The fourth-order valence-corrected chi connectivity index (χ4v) is 1.94. The zero-order valence-electron chi connectivity index (χ0n) is 11.9. The minimum atomic E-state index is -0.718. The van der Waals surface area contributed by atoms with Gasteiger partial charge in [-0.25, -0.2) is 4.39 Å². The lowest BCUT2D eigenvalue weighted by atomic mass is 10.0. The molecular weight excluding hydrogens is 261 g/mol. The number of hydrogen-bond donors (Lipinski definition) is 2. The Balaban J connectivity index is 2.35. The van der Waals surface area contributed by atoms with Gasteiger partial charge in [0.1, 0.15) is 5.82 Å². The first-order valence-electron chi connectivity index (χ1n) is 6.74. The molecule has 2 unspecified atom stereocenters. The van der Waals surface area contributed by atoms with Crippen molar-refractivity contribution < 1.29 is 19.0 Å². The number of hydrogen-bond acceptors (Lipinski definition) is 3. The van der Waals surface area contributed by atoms with E-state index >= 15 is 0 Å². The van der Waals surface area contributed by atoms with Crippen LogP contribution >= 0.6 is 0 Å². The second kappa shape index (κ2) is 8.66. The van der Waals surface area contributed by atoms with Gasteiger partial charge in [-0.15, -0.1) is 0 Å². The summed E-state index contributed by atoms with van der Waals surface area (Å²) in [5.41, 5.74) is 0.645. The highest BCUT2D eigenvalue weighted by atomic mass is 19.1. The summed E-state index contributed by atoms with van der Waals surface area (Å²) in [5.74, 6) is -0.388. The van der Waals surface area contributed by atoms with Gasteiger partial charge in [-0.2, -0.15) is 0 Å². The Labute approximate surface area is 119 Å². The van der Waals surface area contributed by atoms with Crippen molar-refractivity contribution in [3.05, 3.63) is 35.6 Å². The van der Waals surface area contributed by atoms with Crippen LogP contribution in [0.3, 0.4) is 0 Å². The summed E-state index contributed by atoms with van der Waals surface area (Å²) in [6.45, 7) is 2.39. The highest BCUT2D eigenvalue weighted by Crippen LogP contribution is 2.18. The van der Waals surface area contributed by atoms with E-state index in [0.717, 1.165) is 0 Å². The molecule has 1 rings (SSSR count). The molecule has 5 heteroatoms. The third-order valence-electron chi connectivity index (χ3n) is 2.99. The van der Waals surface area contributed by atoms with Gasteiger partial charge in [0, 0.05) is 26.2 Å². The number of ether oxygens (including phenoxy) is 1. The Morgan fingerprint density at radius 1 is 1.40 bits per heavy atom. The molecule has 0 radical (unpaired) electrons. The van der Waals surface area contributed by atoms with Gasteiger partial charge in [0.05, 0.1) is 6.10 Å². The number of aliphatic hydroxyl groups is 1. The number of carbonyl (C=O) groups is 1. The van der Waals surface area contributed by atoms with Crippen molar-refractivity contribution in [2.24, 2.45) is 0 Å². The molecule has 0 saturated carbocycles. The van der Waals surface area contributed by atoms with Crippen LogP contribution in [0.25, 0.3) is 0 Å². The first-order chi connectivity index (χ1) is 9.52. The van der Waals surface area contributed by atoms with Crippen LogP contribution in [0.2, 0.25) is 0 Å². The third-order valence-corrected chi connectivity index (χ3v) is 2.99. The van der Waals surface area contributed by atoms with Crippen molar-refractivity contribution in [2.75, 3.05) is 13.7 Å². The van der Waals surface area contributed by atoms with Crippen molar-refractivity contribution in [2.45, 2.75) is 38.3 Å². The van der Waals surface area contributed by atoms with E-state index in [-0.39, 0.29) is 17.8 Å². The maximum Gasteiger partial charge on any atom is 0.220 e. The predicted octanol–water partition coefficient (Wildman–Crippen LogP) is 2.18. The minimum absolute atomic E-state index is 0.0548. The van der Waals surface area contributed by atoms with Crippen LogP contribution in [0, 0.1) is 5.82 Å². The molecule has 0 aromatic heterocycles. The molecular formula is C15H22FNO3. The molecule has 0 spiro atoms. The maximum absolute atomic E-state index is 12.8. The van der Waals surface area contributed by atoms with Gasteiger partial charge in [-0.05, 0) is 37.5 Å². The van der Waals surface area contributed by atoms with Gasteiger partial charge in [-0.3, -0.25) is 4.79 Å². The lowest BCUT2D eigenvalue weighted by Crippen LogP contribution is -2.33. The first-order valence-corrected chi connectivity index (χ1v) is 6.74. The Morgan fingerprint density at radius 3 is 2.65 bits per heavy atom. The molecule has 1 aromatic rings. The predicted molar refractivity (Wildman–Crippen MR) is 74.7 cm³/mol. The lowest BCUT2D eigenvalue weighted by molar-refractivity contribution is -0.122. The quantitative estimate of drug-likeness (QED) is 0.719. The van der Waals surface area contributed by atoms with E-state index in [1.807, 2.05) is 6.92 Å². The first kappa shape index (κ1) is 16.6. The zero-order chi connectivity index (χ0) is 15.0. The number of methoxy groups -OCH3 is 1. The summed E-state index contributed by atoms with van der Waals surface area (Å²) in [6.07, 6.45) is 0.757. The average Bonchev–Trinajstić information content (AvgIpc) is 2.39. The molecule has 0 aliphatic heterocycles. The number of nitrogens with one attached hydrogen (secondary N) is 1. The topological polar surface area (TPSA) is 58.6 Å². The molecule has 0 heterocycles. The van der Waals surface area contributed by atoms with Crippen molar-refractivity contribution in [1.82, 2.24) is 5.32 Å². The SMILES string of the molecule is COCCCC(=O)NC(C)CC(O)c1ccc(F)cc1. The maximum atomic E-state index is 12.8. The number of amides is 1. The van der Waals surface area contributed by atoms with E-state index in [1.54, 1.807) is 19.2 Å². The van der Waals surface area contributed by atoms with Gasteiger partial charge in [-0.1, -0.05) is 12.1 Å². The molecule has 4 nitrogen and oxygen atoms in total. The van der Waals surface area contributed by atoms with Crippen molar-refractivity contribution in [1.29, 1.82) is 0 Å². The molecule has 20 heavy (non-hydrogen) atoms. The molecule has 0 fully saturated rings. The van der Waals surface area contributed by atoms with Crippen LogP contribution in [-0.2, 0) is 9.53 Å². The molecule has 0 aliphatic carbocycles. The fraction of sp³-hybridized carbons (Fsp3) is 0.533. The molecule has 0 aliphatic rings. The summed E-state index contributed by atoms with van der Waals surface area (Å²) in [4.78, 5) is 11.6. The number of rotatable bonds is 8. The molecule has 1 aromatic carbocycles. The molecule has 1 amide bonds. The summed E-state index contributed by atoms with van der Waals surface area (Å²) >= 11 is 0. The fourth-order valence-electron chi connectivity index (χ4n) is 1.94. The summed E-state index contributed by atoms with van der Waals surface area (Å²) in [7, 11) is 1.60. The van der Waals surface area contributed by atoms with Gasteiger partial charge < -0.3 is 15.2 Å². The monoisotopic (exact) mass is 283 g/mol. The molecule has 2 atom stereocenters.